The van der Waals surface area contributed by atoms with E-state index in [1.807, 2.05) is 0 Å². The maximum absolute atomic E-state index is 9.33. The van der Waals surface area contributed by atoms with Gasteiger partial charge < -0.3 is 0 Å². The van der Waals surface area contributed by atoms with Gasteiger partial charge >= 0.3 is 0 Å². The van der Waals surface area contributed by atoms with Gasteiger partial charge in [-0.25, -0.2) is 0 Å². The van der Waals surface area contributed by atoms with E-state index in [9.17, 15) is 5.26 Å². The summed E-state index contributed by atoms with van der Waals surface area (Å²) in [6, 6.07) is 11.1. The first-order valence-corrected chi connectivity index (χ1v) is 5.08. The third kappa shape index (κ3) is 0.452. The Morgan fingerprint density at radius 3 is 2.71 bits per heavy atom. The van der Waals surface area contributed by atoms with Crippen LogP contribution >= 0.6 is 0 Å². The zero-order valence-corrected chi connectivity index (χ0v) is 7.64. The second-order valence-corrected chi connectivity index (χ2v) is 4.54. The van der Waals surface area contributed by atoms with Gasteiger partial charge in [-0.05, 0) is 11.1 Å². The van der Waals surface area contributed by atoms with Gasteiger partial charge in [0.2, 0.25) is 0 Å². The van der Waals surface area contributed by atoms with Crippen molar-refractivity contribution in [1.29, 1.82) is 5.26 Å². The van der Waals surface area contributed by atoms with Crippen LogP contribution in [0.2, 0.25) is 0 Å². The van der Waals surface area contributed by atoms with Crippen molar-refractivity contribution in [2.24, 2.45) is 11.3 Å². The van der Waals surface area contributed by atoms with Crippen LogP contribution in [0, 0.1) is 22.7 Å². The molecule has 1 saturated carbocycles. The molecule has 3 aliphatic rings. The molecule has 0 aromatic heterocycles. The number of benzene rings is 1. The number of nitrogens with zero attached hydrogens (tertiary/aromatic N) is 1. The first-order valence-electron chi connectivity index (χ1n) is 5.08. The molecule has 0 bridgehead atoms. The third-order valence-electron chi connectivity index (χ3n) is 4.20. The van der Waals surface area contributed by atoms with E-state index in [0.717, 1.165) is 0 Å². The van der Waals surface area contributed by atoms with Gasteiger partial charge in [0, 0.05) is 17.8 Å². The predicted octanol–water partition coefficient (Wildman–Crippen LogP) is 2.58. The van der Waals surface area contributed by atoms with Gasteiger partial charge in [-0.15, -0.1) is 0 Å². The van der Waals surface area contributed by atoms with Crippen molar-refractivity contribution in [3.05, 3.63) is 47.5 Å². The lowest BCUT2D eigenvalue weighted by Gasteiger charge is -2.11. The van der Waals surface area contributed by atoms with E-state index in [1.54, 1.807) is 0 Å². The van der Waals surface area contributed by atoms with Gasteiger partial charge in [0.1, 0.15) is 0 Å². The lowest BCUT2D eigenvalue weighted by Crippen LogP contribution is -2.05. The molecule has 1 aromatic carbocycles. The van der Waals surface area contributed by atoms with Crippen molar-refractivity contribution in [1.82, 2.24) is 0 Å². The van der Waals surface area contributed by atoms with Crippen LogP contribution in [0.5, 0.6) is 0 Å². The summed E-state index contributed by atoms with van der Waals surface area (Å²) in [5.41, 5.74) is 2.75. The van der Waals surface area contributed by atoms with Gasteiger partial charge in [0.15, 0.2) is 0 Å². The molecule has 0 heterocycles. The molecule has 0 radical (unpaired) electrons. The van der Waals surface area contributed by atoms with Crippen LogP contribution in [0.15, 0.2) is 36.4 Å². The molecule has 4 rings (SSSR count). The summed E-state index contributed by atoms with van der Waals surface area (Å²) in [6.45, 7) is 0. The summed E-state index contributed by atoms with van der Waals surface area (Å²) in [6.07, 6.45) is 4.48. The molecule has 0 saturated heterocycles. The Morgan fingerprint density at radius 1 is 1.14 bits per heavy atom. The lowest BCUT2D eigenvalue weighted by atomic mass is 9.90. The molecule has 0 aliphatic heterocycles. The Bertz CT molecular complexity index is 508. The molecular weight excluding hydrogens is 170 g/mol. The van der Waals surface area contributed by atoms with E-state index in [2.05, 4.69) is 42.5 Å². The normalized spacial score (nSPS) is 44.4. The minimum absolute atomic E-state index is 0.0658. The van der Waals surface area contributed by atoms with Crippen LogP contribution in [-0.2, 0) is 0 Å². The quantitative estimate of drug-likeness (QED) is 0.561. The van der Waals surface area contributed by atoms with E-state index in [0.29, 0.717) is 17.8 Å². The summed E-state index contributed by atoms with van der Waals surface area (Å²) in [4.78, 5) is 0. The number of hydrogen-bond acceptors (Lipinski definition) is 1. The highest BCUT2D eigenvalue weighted by Crippen LogP contribution is 2.79. The lowest BCUT2D eigenvalue weighted by molar-refractivity contribution is 0.600. The number of rotatable bonds is 0. The maximum atomic E-state index is 9.33. The highest BCUT2D eigenvalue weighted by Gasteiger charge is 2.74. The van der Waals surface area contributed by atoms with Crippen molar-refractivity contribution in [3.63, 3.8) is 0 Å². The van der Waals surface area contributed by atoms with Gasteiger partial charge in [-0.1, -0.05) is 36.4 Å². The van der Waals surface area contributed by atoms with Crippen LogP contribution in [0.25, 0.3) is 0 Å². The van der Waals surface area contributed by atoms with Gasteiger partial charge in [0.25, 0.3) is 0 Å². The minimum Gasteiger partial charge on any atom is -0.198 e. The Labute approximate surface area is 82.7 Å². The number of fused-ring (bicyclic) bond motifs is 4. The van der Waals surface area contributed by atoms with Crippen molar-refractivity contribution in [2.45, 2.75) is 11.8 Å². The van der Waals surface area contributed by atoms with E-state index >= 15 is 0 Å². The van der Waals surface area contributed by atoms with Crippen LogP contribution in [0.1, 0.15) is 23.0 Å². The topological polar surface area (TPSA) is 23.8 Å². The van der Waals surface area contributed by atoms with E-state index < -0.39 is 0 Å². The van der Waals surface area contributed by atoms with Crippen molar-refractivity contribution >= 4 is 0 Å². The molecule has 0 unspecified atom stereocenters. The van der Waals surface area contributed by atoms with Crippen LogP contribution in [0.3, 0.4) is 0 Å². The van der Waals surface area contributed by atoms with Gasteiger partial charge in [-0.2, -0.15) is 5.26 Å². The number of nitriles is 1. The minimum atomic E-state index is -0.0658. The molecule has 1 nitrogen and oxygen atoms in total. The number of hydrogen-bond donors (Lipinski definition) is 0. The van der Waals surface area contributed by atoms with E-state index in [4.69, 9.17) is 0 Å². The Balaban J connectivity index is 2.05. The molecule has 0 N–H and O–H groups in total. The highest BCUT2D eigenvalue weighted by atomic mass is 14.8. The SMILES string of the molecule is N#C[C@]12[C@@H]3C=C[C@@H]1[C@@H]2c1ccccc13. The molecule has 4 atom stereocenters. The summed E-state index contributed by atoms with van der Waals surface area (Å²) >= 11 is 0. The molecule has 14 heavy (non-hydrogen) atoms. The first kappa shape index (κ1) is 6.84. The monoisotopic (exact) mass is 179 g/mol. The summed E-state index contributed by atoms with van der Waals surface area (Å²) in [5, 5.41) is 9.33. The van der Waals surface area contributed by atoms with Gasteiger partial charge in [0.05, 0.1) is 11.5 Å². The molecule has 0 spiro atoms. The first-order chi connectivity index (χ1) is 6.89. The molecule has 3 aliphatic carbocycles. The average molecular weight is 179 g/mol. The van der Waals surface area contributed by atoms with Crippen molar-refractivity contribution in [2.75, 3.05) is 0 Å². The fraction of sp³-hybridized carbons (Fsp3) is 0.308. The summed E-state index contributed by atoms with van der Waals surface area (Å²) < 4.78 is 0. The number of allylic oxidation sites excluding steroid dienone is 2. The predicted molar refractivity (Wildman–Crippen MR) is 52.6 cm³/mol. The molecule has 1 heteroatoms. The fourth-order valence-electron chi connectivity index (χ4n) is 3.60. The average Bonchev–Trinajstić information content (AvgIpc) is 2.67. The molecular formula is C13H9N. The second kappa shape index (κ2) is 1.79. The summed E-state index contributed by atoms with van der Waals surface area (Å²) in [5.74, 6) is 1.42. The van der Waals surface area contributed by atoms with E-state index in [-0.39, 0.29) is 5.41 Å². The van der Waals surface area contributed by atoms with E-state index in [1.165, 1.54) is 11.1 Å². The Morgan fingerprint density at radius 2 is 1.93 bits per heavy atom. The zero-order chi connectivity index (χ0) is 9.34. The molecule has 1 aromatic rings. The summed E-state index contributed by atoms with van der Waals surface area (Å²) in [7, 11) is 0. The maximum Gasteiger partial charge on any atom is 0.0820 e. The van der Waals surface area contributed by atoms with Crippen molar-refractivity contribution in [3.8, 4) is 6.07 Å². The third-order valence-corrected chi connectivity index (χ3v) is 4.20. The smallest absolute Gasteiger partial charge is 0.0820 e. The van der Waals surface area contributed by atoms with Crippen LogP contribution < -0.4 is 0 Å². The Kier molecular flexibility index (Phi) is 0.873. The van der Waals surface area contributed by atoms with Gasteiger partial charge in [-0.3, -0.25) is 0 Å². The zero-order valence-electron chi connectivity index (χ0n) is 7.64. The standard InChI is InChI=1S/C13H9N/c14-7-13-10-5-6-11(13)12(13)9-4-2-1-3-8(9)10/h1-6,10-12H/t10-,11-,12+,13+/m1/s1. The largest absolute Gasteiger partial charge is 0.198 e. The molecule has 0 amide bonds. The van der Waals surface area contributed by atoms with Crippen LogP contribution in [0.4, 0.5) is 0 Å². The van der Waals surface area contributed by atoms with Crippen molar-refractivity contribution < 1.29 is 0 Å². The fourth-order valence-corrected chi connectivity index (χ4v) is 3.60. The molecule has 66 valence electrons. The second-order valence-electron chi connectivity index (χ2n) is 4.54. The molecule has 1 fully saturated rings. The Hall–Kier alpha value is -1.55. The highest BCUT2D eigenvalue weighted by molar-refractivity contribution is 5.61. The van der Waals surface area contributed by atoms with Crippen LogP contribution in [-0.4, -0.2) is 0 Å².